The van der Waals surface area contributed by atoms with E-state index in [0.717, 1.165) is 5.56 Å². The normalized spacial score (nSPS) is 19.1. The highest BCUT2D eigenvalue weighted by atomic mass is 28.4. The molecule has 6 heteroatoms. The lowest BCUT2D eigenvalue weighted by Crippen LogP contribution is -2.44. The van der Waals surface area contributed by atoms with E-state index >= 15 is 0 Å². The second kappa shape index (κ2) is 8.57. The minimum atomic E-state index is -1.83. The fourth-order valence-electron chi connectivity index (χ4n) is 2.84. The molecule has 2 atom stereocenters. The van der Waals surface area contributed by atoms with E-state index in [0.29, 0.717) is 19.4 Å². The quantitative estimate of drug-likeness (QED) is 0.636. The highest BCUT2D eigenvalue weighted by Crippen LogP contribution is 2.36. The van der Waals surface area contributed by atoms with Crippen LogP contribution in [0.5, 0.6) is 0 Å². The molecule has 0 bridgehead atoms. The number of benzene rings is 1. The summed E-state index contributed by atoms with van der Waals surface area (Å²) in [7, 11) is -1.83. The van der Waals surface area contributed by atoms with E-state index in [1.807, 2.05) is 37.3 Å². The average molecular weight is 392 g/mol. The lowest BCUT2D eigenvalue weighted by atomic mass is 10.0. The molecule has 1 aromatic rings. The lowest BCUT2D eigenvalue weighted by Gasteiger charge is -2.36. The Kier molecular flexibility index (Phi) is 6.86. The van der Waals surface area contributed by atoms with Gasteiger partial charge in [0, 0.05) is 12.5 Å². The predicted molar refractivity (Wildman–Crippen MR) is 109 cm³/mol. The van der Waals surface area contributed by atoms with Crippen molar-refractivity contribution >= 4 is 20.3 Å². The summed E-state index contributed by atoms with van der Waals surface area (Å²) in [5, 5.41) is 0.139. The van der Waals surface area contributed by atoms with Crippen LogP contribution in [0.15, 0.2) is 30.3 Å². The van der Waals surface area contributed by atoms with Gasteiger partial charge >= 0.3 is 6.09 Å². The SMILES string of the molecule is C[C@@H](CCO[Si](C)(C)C(C)(C)C)C(=O)N1C(=O)OC[C@@H]1Cc1ccccc1. The summed E-state index contributed by atoms with van der Waals surface area (Å²) in [5.41, 5.74) is 1.09. The summed E-state index contributed by atoms with van der Waals surface area (Å²) in [6.07, 6.45) is 0.691. The molecule has 0 N–H and O–H groups in total. The molecular formula is C21H33NO4Si. The highest BCUT2D eigenvalue weighted by Gasteiger charge is 2.40. The van der Waals surface area contributed by atoms with Crippen LogP contribution < -0.4 is 0 Å². The third-order valence-corrected chi connectivity index (χ3v) is 10.3. The maximum absolute atomic E-state index is 12.9. The van der Waals surface area contributed by atoms with Gasteiger partial charge in [-0.25, -0.2) is 9.69 Å². The van der Waals surface area contributed by atoms with Crippen LogP contribution in [0.4, 0.5) is 4.79 Å². The molecule has 0 unspecified atom stereocenters. The van der Waals surface area contributed by atoms with Gasteiger partial charge in [0.1, 0.15) is 6.61 Å². The van der Waals surface area contributed by atoms with E-state index in [-0.39, 0.29) is 29.5 Å². The van der Waals surface area contributed by atoms with Crippen LogP contribution >= 0.6 is 0 Å². The Morgan fingerprint density at radius 3 is 2.52 bits per heavy atom. The van der Waals surface area contributed by atoms with Crippen molar-refractivity contribution in [1.29, 1.82) is 0 Å². The zero-order valence-corrected chi connectivity index (χ0v) is 18.5. The number of rotatable bonds is 7. The third-order valence-electron chi connectivity index (χ3n) is 5.75. The molecule has 0 aromatic heterocycles. The molecular weight excluding hydrogens is 358 g/mol. The van der Waals surface area contributed by atoms with E-state index in [4.69, 9.17) is 9.16 Å². The molecule has 1 aromatic carbocycles. The van der Waals surface area contributed by atoms with Gasteiger partial charge in [0.15, 0.2) is 8.32 Å². The number of ether oxygens (including phenoxy) is 1. The van der Waals surface area contributed by atoms with Crippen molar-refractivity contribution in [2.24, 2.45) is 5.92 Å². The molecule has 0 spiro atoms. The third kappa shape index (κ3) is 5.42. The number of imide groups is 1. The van der Waals surface area contributed by atoms with Gasteiger partial charge in [0.2, 0.25) is 5.91 Å². The van der Waals surface area contributed by atoms with Crippen LogP contribution in [0, 0.1) is 5.92 Å². The standard InChI is InChI=1S/C21H33NO4Si/c1-16(12-13-26-27(5,6)21(2,3)4)19(23)22-18(15-25-20(22)24)14-17-10-8-7-9-11-17/h7-11,16,18H,12-15H2,1-6H3/t16-,18-/m0/s1. The summed E-state index contributed by atoms with van der Waals surface area (Å²) in [6, 6.07) is 9.63. The van der Waals surface area contributed by atoms with Crippen molar-refractivity contribution in [2.45, 2.75) is 64.7 Å². The van der Waals surface area contributed by atoms with E-state index < -0.39 is 14.4 Å². The number of hydrogen-bond acceptors (Lipinski definition) is 4. The second-order valence-electron chi connectivity index (χ2n) is 8.93. The number of cyclic esters (lactones) is 1. The van der Waals surface area contributed by atoms with Crippen molar-refractivity contribution < 1.29 is 18.8 Å². The molecule has 1 heterocycles. The van der Waals surface area contributed by atoms with Gasteiger partial charge in [-0.3, -0.25) is 4.79 Å². The van der Waals surface area contributed by atoms with Crippen molar-refractivity contribution in [2.75, 3.05) is 13.2 Å². The minimum absolute atomic E-state index is 0.139. The number of hydrogen-bond donors (Lipinski definition) is 0. The lowest BCUT2D eigenvalue weighted by molar-refractivity contribution is -0.133. The van der Waals surface area contributed by atoms with E-state index in [9.17, 15) is 9.59 Å². The first-order valence-electron chi connectivity index (χ1n) is 9.70. The molecule has 27 heavy (non-hydrogen) atoms. The van der Waals surface area contributed by atoms with Gasteiger partial charge in [0.05, 0.1) is 6.04 Å². The first kappa shape index (κ1) is 21.6. The molecule has 1 aliphatic heterocycles. The number of carbonyl (C=O) groups excluding carboxylic acids is 2. The highest BCUT2D eigenvalue weighted by molar-refractivity contribution is 6.74. The Balaban J connectivity index is 1.94. The summed E-state index contributed by atoms with van der Waals surface area (Å²) in [4.78, 5) is 26.3. The summed E-state index contributed by atoms with van der Waals surface area (Å²) >= 11 is 0. The molecule has 1 aliphatic rings. The molecule has 2 rings (SSSR count). The summed E-state index contributed by atoms with van der Waals surface area (Å²) in [6.45, 7) is 13.7. The molecule has 1 fully saturated rings. The topological polar surface area (TPSA) is 55.8 Å². The zero-order valence-electron chi connectivity index (χ0n) is 17.5. The molecule has 150 valence electrons. The fraction of sp³-hybridized carbons (Fsp3) is 0.619. The van der Waals surface area contributed by atoms with E-state index in [1.54, 1.807) is 0 Å². The molecule has 0 saturated carbocycles. The van der Waals surface area contributed by atoms with Gasteiger partial charge in [-0.2, -0.15) is 0 Å². The Bertz CT molecular complexity index is 654. The van der Waals surface area contributed by atoms with E-state index in [1.165, 1.54) is 4.90 Å². The Morgan fingerprint density at radius 2 is 1.93 bits per heavy atom. The van der Waals surface area contributed by atoms with Crippen LogP contribution in [0.2, 0.25) is 18.1 Å². The van der Waals surface area contributed by atoms with Gasteiger partial charge in [-0.1, -0.05) is 58.0 Å². The zero-order chi connectivity index (χ0) is 20.2. The maximum Gasteiger partial charge on any atom is 0.416 e. The van der Waals surface area contributed by atoms with Crippen LogP contribution in [0.25, 0.3) is 0 Å². The first-order chi connectivity index (χ1) is 12.5. The average Bonchev–Trinajstić information content (AvgIpc) is 2.94. The van der Waals surface area contributed by atoms with Gasteiger partial charge < -0.3 is 9.16 Å². The van der Waals surface area contributed by atoms with Crippen molar-refractivity contribution in [3.63, 3.8) is 0 Å². The molecule has 1 saturated heterocycles. The predicted octanol–water partition coefficient (Wildman–Crippen LogP) is 4.62. The van der Waals surface area contributed by atoms with Crippen LogP contribution in [-0.2, 0) is 20.4 Å². The van der Waals surface area contributed by atoms with Crippen LogP contribution in [0.3, 0.4) is 0 Å². The Morgan fingerprint density at radius 1 is 1.30 bits per heavy atom. The van der Waals surface area contributed by atoms with Crippen LogP contribution in [-0.4, -0.2) is 44.5 Å². The first-order valence-corrected chi connectivity index (χ1v) is 12.6. The Hall–Kier alpha value is -1.66. The Labute approximate surface area is 164 Å². The summed E-state index contributed by atoms with van der Waals surface area (Å²) < 4.78 is 11.3. The van der Waals surface area contributed by atoms with Crippen molar-refractivity contribution in [3.05, 3.63) is 35.9 Å². The van der Waals surface area contributed by atoms with Gasteiger partial charge in [0.25, 0.3) is 0 Å². The number of carbonyl (C=O) groups is 2. The number of amides is 2. The molecule has 2 amide bonds. The molecule has 0 radical (unpaired) electrons. The summed E-state index contributed by atoms with van der Waals surface area (Å²) in [5.74, 6) is -0.448. The largest absolute Gasteiger partial charge is 0.447 e. The van der Waals surface area contributed by atoms with Gasteiger partial charge in [-0.15, -0.1) is 0 Å². The molecule has 0 aliphatic carbocycles. The maximum atomic E-state index is 12.9. The fourth-order valence-corrected chi connectivity index (χ4v) is 3.90. The monoisotopic (exact) mass is 391 g/mol. The van der Waals surface area contributed by atoms with E-state index in [2.05, 4.69) is 33.9 Å². The van der Waals surface area contributed by atoms with Crippen LogP contribution in [0.1, 0.15) is 39.7 Å². The number of nitrogens with zero attached hydrogens (tertiary/aromatic N) is 1. The van der Waals surface area contributed by atoms with Crippen molar-refractivity contribution in [3.8, 4) is 0 Å². The smallest absolute Gasteiger partial charge is 0.416 e. The minimum Gasteiger partial charge on any atom is -0.447 e. The van der Waals surface area contributed by atoms with Gasteiger partial charge in [-0.05, 0) is 36.5 Å². The van der Waals surface area contributed by atoms with Crippen molar-refractivity contribution in [1.82, 2.24) is 4.90 Å². The molecule has 5 nitrogen and oxygen atoms in total. The second-order valence-corrected chi connectivity index (χ2v) is 13.7.